The lowest BCUT2D eigenvalue weighted by Gasteiger charge is -2.48. The van der Waals surface area contributed by atoms with E-state index in [0.29, 0.717) is 29.5 Å². The molecule has 4 rings (SSSR count). The van der Waals surface area contributed by atoms with Crippen molar-refractivity contribution in [3.05, 3.63) is 0 Å². The quantitative estimate of drug-likeness (QED) is 0.231. The molecule has 1 atom stereocenters. The lowest BCUT2D eigenvalue weighted by atomic mass is 9.57. The first-order valence-corrected chi connectivity index (χ1v) is 18.9. The summed E-state index contributed by atoms with van der Waals surface area (Å²) in [4.78, 5) is 0. The fourth-order valence-electron chi connectivity index (χ4n) is 9.98. The average Bonchev–Trinajstić information content (AvgIpc) is 2.97. The van der Waals surface area contributed by atoms with Gasteiger partial charge in [0, 0.05) is 0 Å². The molecule has 0 aliphatic heterocycles. The molecule has 4 heteroatoms. The van der Waals surface area contributed by atoms with E-state index in [1.54, 1.807) is 0 Å². The highest BCUT2D eigenvalue weighted by atomic mass is 16.5. The van der Waals surface area contributed by atoms with E-state index < -0.39 is 0 Å². The molecule has 1 unspecified atom stereocenters. The van der Waals surface area contributed by atoms with Crippen LogP contribution in [0.3, 0.4) is 0 Å². The number of aliphatic hydroxyl groups is 3. The second-order valence-corrected chi connectivity index (χ2v) is 17.6. The van der Waals surface area contributed by atoms with Gasteiger partial charge in [0.25, 0.3) is 0 Å². The van der Waals surface area contributed by atoms with Crippen LogP contribution in [0.5, 0.6) is 0 Å². The van der Waals surface area contributed by atoms with Crippen LogP contribution in [-0.4, -0.2) is 46.3 Å². The fraction of sp³-hybridized carbons (Fsp3) is 1.00. The van der Waals surface area contributed by atoms with Gasteiger partial charge in [-0.15, -0.1) is 0 Å². The zero-order valence-corrected chi connectivity index (χ0v) is 29.9. The summed E-state index contributed by atoms with van der Waals surface area (Å²) in [5.41, 5.74) is 0.861. The minimum absolute atomic E-state index is 0.0657. The molecule has 0 amide bonds. The van der Waals surface area contributed by atoms with E-state index in [-0.39, 0.29) is 23.7 Å². The second kappa shape index (κ2) is 16.6. The molecular weight excluding hydrogens is 532 g/mol. The largest absolute Gasteiger partial charge is 0.393 e. The molecule has 4 saturated carbocycles. The molecule has 0 aromatic rings. The first-order valence-electron chi connectivity index (χ1n) is 18.9. The van der Waals surface area contributed by atoms with Crippen LogP contribution in [0.25, 0.3) is 0 Å². The van der Waals surface area contributed by atoms with Crippen molar-refractivity contribution in [1.82, 2.24) is 0 Å². The Morgan fingerprint density at radius 1 is 0.535 bits per heavy atom. The molecule has 3 N–H and O–H groups in total. The van der Waals surface area contributed by atoms with E-state index in [9.17, 15) is 15.3 Å². The maximum absolute atomic E-state index is 11.0. The second-order valence-electron chi connectivity index (χ2n) is 17.6. The summed E-state index contributed by atoms with van der Waals surface area (Å²) in [7, 11) is 0. The predicted octanol–water partition coefficient (Wildman–Crippen LogP) is 9.72. The molecule has 4 aliphatic rings. The van der Waals surface area contributed by atoms with Gasteiger partial charge in [0.1, 0.15) is 0 Å². The minimum atomic E-state index is -0.374. The van der Waals surface area contributed by atoms with Gasteiger partial charge in [-0.3, -0.25) is 0 Å². The van der Waals surface area contributed by atoms with Gasteiger partial charge in [0.05, 0.1) is 31.0 Å². The summed E-state index contributed by atoms with van der Waals surface area (Å²) in [6, 6.07) is 0. The maximum Gasteiger partial charge on any atom is 0.0779 e. The molecule has 0 saturated heterocycles. The van der Waals surface area contributed by atoms with Gasteiger partial charge in [-0.25, -0.2) is 0 Å². The van der Waals surface area contributed by atoms with E-state index in [1.807, 2.05) is 0 Å². The van der Waals surface area contributed by atoms with Crippen LogP contribution in [0.15, 0.2) is 0 Å². The lowest BCUT2D eigenvalue weighted by Crippen LogP contribution is -2.40. The summed E-state index contributed by atoms with van der Waals surface area (Å²) in [5, 5.41) is 30.9. The Labute approximate surface area is 267 Å². The maximum atomic E-state index is 11.0. The molecule has 43 heavy (non-hydrogen) atoms. The van der Waals surface area contributed by atoms with Crippen LogP contribution in [0, 0.1) is 45.8 Å². The fourth-order valence-corrected chi connectivity index (χ4v) is 9.98. The Balaban J connectivity index is 0.00000162. The molecule has 4 fully saturated rings. The number of ether oxygens (including phenoxy) is 1. The number of aliphatic hydroxyl groups excluding tert-OH is 3. The number of hydrogen-bond acceptors (Lipinski definition) is 4. The number of rotatable bonds is 10. The van der Waals surface area contributed by atoms with Crippen LogP contribution in [0.1, 0.15) is 171 Å². The van der Waals surface area contributed by atoms with Crippen molar-refractivity contribution in [1.29, 1.82) is 0 Å². The van der Waals surface area contributed by atoms with E-state index >= 15 is 0 Å². The zero-order chi connectivity index (χ0) is 31.8. The summed E-state index contributed by atoms with van der Waals surface area (Å²) in [5.74, 6) is 3.72. The summed E-state index contributed by atoms with van der Waals surface area (Å²) in [6.45, 7) is 19.5. The summed E-state index contributed by atoms with van der Waals surface area (Å²) in [6.07, 6.45) is 20.5. The molecule has 0 aromatic heterocycles. The van der Waals surface area contributed by atoms with E-state index in [2.05, 4.69) is 55.4 Å². The first-order chi connectivity index (χ1) is 20.2. The Hall–Kier alpha value is -0.160. The smallest absolute Gasteiger partial charge is 0.0779 e. The third-order valence-electron chi connectivity index (χ3n) is 13.4. The average molecular weight is 607 g/mol. The van der Waals surface area contributed by atoms with Gasteiger partial charge in [0.15, 0.2) is 0 Å². The van der Waals surface area contributed by atoms with Crippen LogP contribution in [0.4, 0.5) is 0 Å². The third-order valence-corrected chi connectivity index (χ3v) is 13.4. The van der Waals surface area contributed by atoms with Crippen molar-refractivity contribution < 1.29 is 20.1 Å². The summed E-state index contributed by atoms with van der Waals surface area (Å²) >= 11 is 0. The molecule has 0 heterocycles. The van der Waals surface area contributed by atoms with Crippen molar-refractivity contribution in [2.24, 2.45) is 45.8 Å². The minimum Gasteiger partial charge on any atom is -0.393 e. The van der Waals surface area contributed by atoms with E-state index in [0.717, 1.165) is 68.6 Å². The Kier molecular flexibility index (Phi) is 14.4. The topological polar surface area (TPSA) is 69.9 Å². The van der Waals surface area contributed by atoms with Crippen molar-refractivity contribution in [3.8, 4) is 0 Å². The highest BCUT2D eigenvalue weighted by Crippen LogP contribution is 2.52. The van der Waals surface area contributed by atoms with Crippen LogP contribution < -0.4 is 0 Å². The van der Waals surface area contributed by atoms with Crippen molar-refractivity contribution in [3.63, 3.8) is 0 Å². The van der Waals surface area contributed by atoms with Gasteiger partial charge < -0.3 is 20.1 Å². The zero-order valence-electron chi connectivity index (χ0n) is 29.9. The van der Waals surface area contributed by atoms with Gasteiger partial charge in [0.2, 0.25) is 0 Å². The molecule has 254 valence electrons. The Morgan fingerprint density at radius 3 is 1.21 bits per heavy atom. The van der Waals surface area contributed by atoms with Crippen LogP contribution >= 0.6 is 0 Å². The Morgan fingerprint density at radius 2 is 0.837 bits per heavy atom. The van der Waals surface area contributed by atoms with E-state index in [1.165, 1.54) is 70.6 Å². The van der Waals surface area contributed by atoms with Gasteiger partial charge >= 0.3 is 0 Å². The standard InChI is InChI=1S/C36H66O4.C3H8/c1-34(2,25-7-9-26(10-8-25)35(3,4)27-11-17-30(37)18-12-27)23-32(39)24-40-33-21-15-29(16-22-33)36(5,6)28-13-19-31(38)20-14-28;1-3-2/h25-33,37-39H,7-24H2,1-6H3;3H2,1-2H3. The highest BCUT2D eigenvalue weighted by Gasteiger charge is 2.43. The number of hydrogen-bond donors (Lipinski definition) is 3. The van der Waals surface area contributed by atoms with Gasteiger partial charge in [-0.2, -0.15) is 0 Å². The van der Waals surface area contributed by atoms with Gasteiger partial charge in [-0.05, 0) is 155 Å². The third kappa shape index (κ3) is 10.4. The molecule has 0 aromatic carbocycles. The monoisotopic (exact) mass is 607 g/mol. The predicted molar refractivity (Wildman–Crippen MR) is 181 cm³/mol. The van der Waals surface area contributed by atoms with Crippen LogP contribution in [-0.2, 0) is 4.74 Å². The molecule has 0 bridgehead atoms. The molecule has 0 radical (unpaired) electrons. The highest BCUT2D eigenvalue weighted by molar-refractivity contribution is 4.94. The summed E-state index contributed by atoms with van der Waals surface area (Å²) < 4.78 is 6.33. The molecule has 4 aliphatic carbocycles. The van der Waals surface area contributed by atoms with Crippen molar-refractivity contribution >= 4 is 0 Å². The van der Waals surface area contributed by atoms with Crippen LogP contribution in [0.2, 0.25) is 0 Å². The van der Waals surface area contributed by atoms with Crippen molar-refractivity contribution in [2.45, 2.75) is 195 Å². The molecule has 4 nitrogen and oxygen atoms in total. The lowest BCUT2D eigenvalue weighted by molar-refractivity contribution is -0.0623. The molecular formula is C39H74O4. The Bertz CT molecular complexity index is 758. The first kappa shape index (κ1) is 37.3. The SMILES string of the molecule is CC(C)(CC(O)COC1CCC(C(C)(C)C2CCC(O)CC2)CC1)C1CCC(C(C)(C)C2CCC(O)CC2)CC1.CCC. The van der Waals surface area contributed by atoms with Crippen molar-refractivity contribution in [2.75, 3.05) is 6.61 Å². The van der Waals surface area contributed by atoms with Gasteiger partial charge in [-0.1, -0.05) is 61.8 Å². The molecule has 0 spiro atoms. The normalized spacial score (nSPS) is 35.5. The van der Waals surface area contributed by atoms with E-state index in [4.69, 9.17) is 4.74 Å².